The van der Waals surface area contributed by atoms with Gasteiger partial charge in [0.05, 0.1) is 5.56 Å². The summed E-state index contributed by atoms with van der Waals surface area (Å²) in [5.41, 5.74) is 2.69. The molecule has 0 radical (unpaired) electrons. The number of carbonyl (C=O) groups excluding carboxylic acids is 1. The lowest BCUT2D eigenvalue weighted by Gasteiger charge is -2.37. The molecular weight excluding hydrogens is 286 g/mol. The molecule has 21 heavy (non-hydrogen) atoms. The second kappa shape index (κ2) is 6.14. The van der Waals surface area contributed by atoms with Gasteiger partial charge in [-0.2, -0.15) is 0 Å². The van der Waals surface area contributed by atoms with Crippen LogP contribution in [0.3, 0.4) is 0 Å². The van der Waals surface area contributed by atoms with E-state index >= 15 is 0 Å². The highest BCUT2D eigenvalue weighted by Crippen LogP contribution is 2.24. The van der Waals surface area contributed by atoms with E-state index in [-0.39, 0.29) is 0 Å². The van der Waals surface area contributed by atoms with Crippen molar-refractivity contribution in [2.45, 2.75) is 0 Å². The first kappa shape index (κ1) is 13.9. The van der Waals surface area contributed by atoms with Gasteiger partial charge in [0.25, 0.3) is 5.24 Å². The molecule has 0 spiro atoms. The number of carbonyl (C=O) groups is 1. The van der Waals surface area contributed by atoms with Crippen molar-refractivity contribution < 1.29 is 4.79 Å². The molecule has 1 aromatic heterocycles. The van der Waals surface area contributed by atoms with Gasteiger partial charge >= 0.3 is 0 Å². The number of halogens is 1. The lowest BCUT2D eigenvalue weighted by molar-refractivity contribution is 0.108. The second-order valence-electron chi connectivity index (χ2n) is 4.97. The van der Waals surface area contributed by atoms with Crippen LogP contribution in [0, 0.1) is 0 Å². The summed E-state index contributed by atoms with van der Waals surface area (Å²) in [6.07, 6.45) is 3.62. The smallest absolute Gasteiger partial charge is 0.254 e. The summed E-state index contributed by atoms with van der Waals surface area (Å²) in [6, 6.07) is 11.6. The van der Waals surface area contributed by atoms with Gasteiger partial charge in [-0.3, -0.25) is 9.78 Å². The minimum Gasteiger partial charge on any atom is -0.368 e. The first-order valence-corrected chi connectivity index (χ1v) is 7.32. The van der Waals surface area contributed by atoms with Crippen LogP contribution < -0.4 is 9.80 Å². The monoisotopic (exact) mass is 301 g/mol. The number of aromatic nitrogens is 1. The normalized spacial score (nSPS) is 15.1. The van der Waals surface area contributed by atoms with E-state index in [1.54, 1.807) is 6.07 Å². The van der Waals surface area contributed by atoms with Crippen LogP contribution in [0.5, 0.6) is 0 Å². The predicted octanol–water partition coefficient (Wildman–Crippen LogP) is 2.79. The van der Waals surface area contributed by atoms with Gasteiger partial charge in [-0.05, 0) is 35.9 Å². The van der Waals surface area contributed by atoms with Crippen molar-refractivity contribution in [3.8, 4) is 0 Å². The first-order chi connectivity index (χ1) is 10.3. The summed E-state index contributed by atoms with van der Waals surface area (Å²) >= 11 is 5.67. The molecule has 2 heterocycles. The number of nitrogens with zero attached hydrogens (tertiary/aromatic N) is 3. The van der Waals surface area contributed by atoms with Crippen LogP contribution in [-0.2, 0) is 0 Å². The molecular formula is C16H16ClN3O. The highest BCUT2D eigenvalue weighted by molar-refractivity contribution is 6.68. The highest BCUT2D eigenvalue weighted by atomic mass is 35.5. The zero-order valence-corrected chi connectivity index (χ0v) is 12.3. The molecule has 1 saturated heterocycles. The van der Waals surface area contributed by atoms with Gasteiger partial charge in [0.15, 0.2) is 0 Å². The summed E-state index contributed by atoms with van der Waals surface area (Å²) in [4.78, 5) is 20.1. The number of hydrogen-bond donors (Lipinski definition) is 0. The Balaban J connectivity index is 1.73. The molecule has 1 aliphatic heterocycles. The molecule has 0 bridgehead atoms. The number of para-hydroxylation sites is 1. The highest BCUT2D eigenvalue weighted by Gasteiger charge is 2.20. The van der Waals surface area contributed by atoms with E-state index in [1.165, 1.54) is 5.69 Å². The SMILES string of the molecule is O=C(Cl)c1ccccc1N1CCN(c2ccncc2)CC1. The fourth-order valence-electron chi connectivity index (χ4n) is 2.68. The molecule has 2 aromatic rings. The fourth-order valence-corrected chi connectivity index (χ4v) is 2.84. The molecule has 1 aromatic carbocycles. The maximum Gasteiger partial charge on any atom is 0.254 e. The quantitative estimate of drug-likeness (QED) is 0.817. The van der Waals surface area contributed by atoms with Crippen molar-refractivity contribution in [1.82, 2.24) is 4.98 Å². The first-order valence-electron chi connectivity index (χ1n) is 6.94. The third-order valence-corrected chi connectivity index (χ3v) is 3.97. The molecule has 0 atom stereocenters. The minimum absolute atomic E-state index is 0.401. The molecule has 0 saturated carbocycles. The Morgan fingerprint density at radius 2 is 1.57 bits per heavy atom. The number of anilines is 2. The molecule has 4 nitrogen and oxygen atoms in total. The number of benzene rings is 1. The summed E-state index contributed by atoms with van der Waals surface area (Å²) in [5.74, 6) is 0. The van der Waals surface area contributed by atoms with E-state index in [0.29, 0.717) is 5.56 Å². The molecule has 5 heteroatoms. The van der Waals surface area contributed by atoms with Crippen molar-refractivity contribution in [2.24, 2.45) is 0 Å². The van der Waals surface area contributed by atoms with E-state index in [4.69, 9.17) is 11.6 Å². The van der Waals surface area contributed by atoms with E-state index in [1.807, 2.05) is 42.7 Å². The van der Waals surface area contributed by atoms with Crippen LogP contribution in [0.2, 0.25) is 0 Å². The Hall–Kier alpha value is -2.07. The maximum atomic E-state index is 11.5. The largest absolute Gasteiger partial charge is 0.368 e. The van der Waals surface area contributed by atoms with Crippen molar-refractivity contribution in [3.63, 3.8) is 0 Å². The van der Waals surface area contributed by atoms with E-state index in [9.17, 15) is 4.79 Å². The van der Waals surface area contributed by atoms with Gasteiger partial charge in [0, 0.05) is 49.9 Å². The van der Waals surface area contributed by atoms with Gasteiger partial charge in [-0.1, -0.05) is 12.1 Å². The van der Waals surface area contributed by atoms with Gasteiger partial charge in [0.2, 0.25) is 0 Å². The molecule has 108 valence electrons. The topological polar surface area (TPSA) is 36.4 Å². The average Bonchev–Trinajstić information content (AvgIpc) is 2.56. The minimum atomic E-state index is -0.401. The number of rotatable bonds is 3. The Morgan fingerprint density at radius 1 is 0.952 bits per heavy atom. The standard InChI is InChI=1S/C16H16ClN3O/c17-16(21)14-3-1-2-4-15(14)20-11-9-19(10-12-20)13-5-7-18-8-6-13/h1-8H,9-12H2. The third-order valence-electron chi connectivity index (χ3n) is 3.76. The molecule has 1 fully saturated rings. The molecule has 0 amide bonds. The Morgan fingerprint density at radius 3 is 2.24 bits per heavy atom. The van der Waals surface area contributed by atoms with E-state index < -0.39 is 5.24 Å². The van der Waals surface area contributed by atoms with Crippen molar-refractivity contribution in [1.29, 1.82) is 0 Å². The van der Waals surface area contributed by atoms with E-state index in [2.05, 4.69) is 14.8 Å². The average molecular weight is 302 g/mol. The summed E-state index contributed by atoms with van der Waals surface area (Å²) in [6.45, 7) is 3.55. The van der Waals surface area contributed by atoms with Gasteiger partial charge < -0.3 is 9.80 Å². The molecule has 1 aliphatic rings. The zero-order valence-electron chi connectivity index (χ0n) is 11.6. The molecule has 0 aliphatic carbocycles. The molecule has 0 unspecified atom stereocenters. The second-order valence-corrected chi connectivity index (χ2v) is 5.31. The summed E-state index contributed by atoms with van der Waals surface area (Å²) in [7, 11) is 0. The van der Waals surface area contributed by atoms with Crippen molar-refractivity contribution >= 4 is 28.2 Å². The maximum absolute atomic E-state index is 11.5. The molecule has 3 rings (SSSR count). The Labute approximate surface area is 129 Å². The van der Waals surface area contributed by atoms with Crippen LogP contribution in [0.4, 0.5) is 11.4 Å². The van der Waals surface area contributed by atoms with Gasteiger partial charge in [0.1, 0.15) is 0 Å². The lowest BCUT2D eigenvalue weighted by atomic mass is 10.1. The Bertz CT molecular complexity index is 624. The van der Waals surface area contributed by atoms with Crippen LogP contribution in [0.25, 0.3) is 0 Å². The predicted molar refractivity (Wildman–Crippen MR) is 85.3 cm³/mol. The fraction of sp³-hybridized carbons (Fsp3) is 0.250. The van der Waals surface area contributed by atoms with Gasteiger partial charge in [-0.25, -0.2) is 0 Å². The zero-order chi connectivity index (χ0) is 14.7. The number of hydrogen-bond acceptors (Lipinski definition) is 4. The van der Waals surface area contributed by atoms with Crippen LogP contribution in [0.1, 0.15) is 10.4 Å². The third kappa shape index (κ3) is 3.00. The van der Waals surface area contributed by atoms with Crippen molar-refractivity contribution in [2.75, 3.05) is 36.0 Å². The summed E-state index contributed by atoms with van der Waals surface area (Å²) < 4.78 is 0. The van der Waals surface area contributed by atoms with Crippen LogP contribution >= 0.6 is 11.6 Å². The van der Waals surface area contributed by atoms with Crippen LogP contribution in [0.15, 0.2) is 48.8 Å². The summed E-state index contributed by atoms with van der Waals surface area (Å²) in [5, 5.41) is -0.401. The Kier molecular flexibility index (Phi) is 4.06. The van der Waals surface area contributed by atoms with Crippen LogP contribution in [-0.4, -0.2) is 36.4 Å². The lowest BCUT2D eigenvalue weighted by Crippen LogP contribution is -2.46. The van der Waals surface area contributed by atoms with Gasteiger partial charge in [-0.15, -0.1) is 0 Å². The van der Waals surface area contributed by atoms with Crippen molar-refractivity contribution in [3.05, 3.63) is 54.4 Å². The van der Waals surface area contributed by atoms with E-state index in [0.717, 1.165) is 31.9 Å². The number of piperazine rings is 1. The number of pyridine rings is 1. The molecule has 0 N–H and O–H groups in total.